The van der Waals surface area contributed by atoms with Gasteiger partial charge in [0.15, 0.2) is 11.5 Å². The lowest BCUT2D eigenvalue weighted by Crippen LogP contribution is -2.13. The molecular weight excluding hydrogens is 340 g/mol. The summed E-state index contributed by atoms with van der Waals surface area (Å²) in [5.41, 5.74) is 2.53. The van der Waals surface area contributed by atoms with E-state index in [9.17, 15) is 10.1 Å². The average Bonchev–Trinajstić information content (AvgIpc) is 2.71. The number of carbonyl (C=O) groups excluding carboxylic acids is 1. The van der Waals surface area contributed by atoms with Crippen molar-refractivity contribution in [1.82, 2.24) is 0 Å². The third-order valence-electron chi connectivity index (χ3n) is 3.95. The van der Waals surface area contributed by atoms with Gasteiger partial charge in [-0.2, -0.15) is 5.26 Å². The Morgan fingerprint density at radius 3 is 2.48 bits per heavy atom. The zero-order valence-corrected chi connectivity index (χ0v) is 15.9. The Balaban J connectivity index is 2.18. The Kier molecular flexibility index (Phi) is 7.45. The van der Waals surface area contributed by atoms with Crippen LogP contribution in [0.4, 0.5) is 5.69 Å². The summed E-state index contributed by atoms with van der Waals surface area (Å²) in [6, 6.07) is 14.8. The fourth-order valence-corrected chi connectivity index (χ4v) is 2.44. The van der Waals surface area contributed by atoms with Crippen LogP contribution in [0.25, 0.3) is 6.08 Å². The van der Waals surface area contributed by atoms with Gasteiger partial charge in [-0.3, -0.25) is 4.79 Å². The maximum absolute atomic E-state index is 12.4. The van der Waals surface area contributed by atoms with Crippen LogP contribution in [-0.2, 0) is 11.2 Å². The zero-order valence-electron chi connectivity index (χ0n) is 15.9. The van der Waals surface area contributed by atoms with Gasteiger partial charge in [0, 0.05) is 5.69 Å². The second-order valence-corrected chi connectivity index (χ2v) is 5.93. The molecule has 0 aliphatic carbocycles. The van der Waals surface area contributed by atoms with Gasteiger partial charge in [0.25, 0.3) is 5.91 Å². The first kappa shape index (κ1) is 20.1. The van der Waals surface area contributed by atoms with Crippen LogP contribution in [0.1, 0.15) is 31.4 Å². The molecule has 0 spiro atoms. The number of hydrogen-bond donors (Lipinski definition) is 1. The molecule has 0 radical (unpaired) electrons. The van der Waals surface area contributed by atoms with Crippen molar-refractivity contribution in [2.45, 2.75) is 26.7 Å². The van der Waals surface area contributed by atoms with Crippen molar-refractivity contribution in [3.8, 4) is 17.6 Å². The lowest BCUT2D eigenvalue weighted by atomic mass is 10.1. The number of aryl methyl sites for hydroxylation is 1. The first-order valence-corrected chi connectivity index (χ1v) is 8.94. The summed E-state index contributed by atoms with van der Waals surface area (Å²) in [6.07, 6.45) is 3.35. The van der Waals surface area contributed by atoms with Crippen LogP contribution in [0.2, 0.25) is 0 Å². The van der Waals surface area contributed by atoms with Gasteiger partial charge in [-0.1, -0.05) is 32.0 Å². The van der Waals surface area contributed by atoms with Crippen molar-refractivity contribution >= 4 is 17.7 Å². The van der Waals surface area contributed by atoms with Crippen molar-refractivity contribution < 1.29 is 14.3 Å². The van der Waals surface area contributed by atoms with Crippen molar-refractivity contribution in [2.24, 2.45) is 0 Å². The highest BCUT2D eigenvalue weighted by Gasteiger charge is 2.11. The molecule has 0 fully saturated rings. The highest BCUT2D eigenvalue weighted by molar-refractivity contribution is 6.09. The van der Waals surface area contributed by atoms with Gasteiger partial charge < -0.3 is 14.8 Å². The number of nitriles is 1. The first-order valence-electron chi connectivity index (χ1n) is 8.94. The van der Waals surface area contributed by atoms with Crippen molar-refractivity contribution in [3.63, 3.8) is 0 Å². The van der Waals surface area contributed by atoms with E-state index in [1.165, 1.54) is 11.6 Å². The van der Waals surface area contributed by atoms with E-state index in [4.69, 9.17) is 9.47 Å². The SMILES string of the molecule is CCCOc1ccc(/C=C(\C#N)C(=O)Nc2ccc(CC)cc2)cc1OC. The fourth-order valence-electron chi connectivity index (χ4n) is 2.44. The molecule has 0 heterocycles. The second kappa shape index (κ2) is 10.0. The number of ether oxygens (including phenoxy) is 2. The summed E-state index contributed by atoms with van der Waals surface area (Å²) in [5, 5.41) is 12.1. The quantitative estimate of drug-likeness (QED) is 0.549. The molecule has 1 N–H and O–H groups in total. The van der Waals surface area contributed by atoms with E-state index in [1.54, 1.807) is 25.3 Å². The van der Waals surface area contributed by atoms with Crippen LogP contribution < -0.4 is 14.8 Å². The van der Waals surface area contributed by atoms with E-state index in [1.807, 2.05) is 37.3 Å². The van der Waals surface area contributed by atoms with Crippen molar-refractivity contribution in [1.29, 1.82) is 5.26 Å². The lowest BCUT2D eigenvalue weighted by Gasteiger charge is -2.10. The Hall–Kier alpha value is -3.26. The number of nitrogens with zero attached hydrogens (tertiary/aromatic N) is 1. The van der Waals surface area contributed by atoms with Crippen LogP contribution in [0.15, 0.2) is 48.0 Å². The Morgan fingerprint density at radius 1 is 1.15 bits per heavy atom. The molecule has 140 valence electrons. The summed E-state index contributed by atoms with van der Waals surface area (Å²) in [6.45, 7) is 4.68. The topological polar surface area (TPSA) is 71.3 Å². The van der Waals surface area contributed by atoms with Gasteiger partial charge in [0.1, 0.15) is 11.6 Å². The van der Waals surface area contributed by atoms with Crippen LogP contribution in [0.3, 0.4) is 0 Å². The zero-order chi connectivity index (χ0) is 19.6. The van der Waals surface area contributed by atoms with E-state index in [2.05, 4.69) is 12.2 Å². The van der Waals surface area contributed by atoms with Gasteiger partial charge in [0.2, 0.25) is 0 Å². The van der Waals surface area contributed by atoms with E-state index < -0.39 is 5.91 Å². The Morgan fingerprint density at radius 2 is 1.89 bits per heavy atom. The monoisotopic (exact) mass is 364 g/mol. The van der Waals surface area contributed by atoms with E-state index in [0.29, 0.717) is 29.4 Å². The van der Waals surface area contributed by atoms with Gasteiger partial charge in [-0.05, 0) is 54.3 Å². The van der Waals surface area contributed by atoms with Crippen LogP contribution in [0, 0.1) is 11.3 Å². The second-order valence-electron chi connectivity index (χ2n) is 5.93. The van der Waals surface area contributed by atoms with Crippen LogP contribution in [0.5, 0.6) is 11.5 Å². The van der Waals surface area contributed by atoms with Crippen LogP contribution >= 0.6 is 0 Å². The van der Waals surface area contributed by atoms with E-state index in [0.717, 1.165) is 12.8 Å². The number of hydrogen-bond acceptors (Lipinski definition) is 4. The number of amides is 1. The summed E-state index contributed by atoms with van der Waals surface area (Å²) < 4.78 is 11.0. The Bertz CT molecular complexity index is 849. The lowest BCUT2D eigenvalue weighted by molar-refractivity contribution is -0.112. The first-order chi connectivity index (χ1) is 13.1. The molecule has 0 aromatic heterocycles. The molecule has 0 aliphatic heterocycles. The van der Waals surface area contributed by atoms with Gasteiger partial charge in [-0.25, -0.2) is 0 Å². The average molecular weight is 364 g/mol. The predicted octanol–water partition coefficient (Wildman–Crippen LogP) is 4.59. The number of anilines is 1. The van der Waals surface area contributed by atoms with E-state index >= 15 is 0 Å². The van der Waals surface area contributed by atoms with Crippen molar-refractivity contribution in [3.05, 3.63) is 59.2 Å². The molecule has 0 bridgehead atoms. The minimum absolute atomic E-state index is 0.0128. The third-order valence-corrected chi connectivity index (χ3v) is 3.95. The summed E-state index contributed by atoms with van der Waals surface area (Å²) in [5.74, 6) is 0.743. The number of rotatable bonds is 8. The molecule has 2 rings (SSSR count). The molecule has 5 nitrogen and oxygen atoms in total. The predicted molar refractivity (Wildman–Crippen MR) is 107 cm³/mol. The number of carbonyl (C=O) groups is 1. The molecule has 1 amide bonds. The van der Waals surface area contributed by atoms with Gasteiger partial charge in [0.05, 0.1) is 13.7 Å². The maximum atomic E-state index is 12.4. The van der Waals surface area contributed by atoms with E-state index in [-0.39, 0.29) is 5.57 Å². The standard InChI is InChI=1S/C22H24N2O3/c1-4-12-27-20-11-8-17(14-21(20)26-3)13-18(15-23)22(25)24-19-9-6-16(5-2)7-10-19/h6-11,13-14H,4-5,12H2,1-3H3,(H,24,25)/b18-13+. The molecular formula is C22H24N2O3. The largest absolute Gasteiger partial charge is 0.493 e. The molecule has 0 aliphatic rings. The molecule has 0 saturated heterocycles. The molecule has 5 heteroatoms. The fraction of sp³-hybridized carbons (Fsp3) is 0.273. The van der Waals surface area contributed by atoms with Crippen molar-refractivity contribution in [2.75, 3.05) is 19.0 Å². The Labute approximate surface area is 160 Å². The molecule has 27 heavy (non-hydrogen) atoms. The summed E-state index contributed by atoms with van der Waals surface area (Å²) in [4.78, 5) is 12.4. The smallest absolute Gasteiger partial charge is 0.266 e. The summed E-state index contributed by atoms with van der Waals surface area (Å²) >= 11 is 0. The van der Waals surface area contributed by atoms with Crippen LogP contribution in [-0.4, -0.2) is 19.6 Å². The normalized spacial score (nSPS) is 10.8. The third kappa shape index (κ3) is 5.61. The highest BCUT2D eigenvalue weighted by Crippen LogP contribution is 2.29. The number of nitrogens with one attached hydrogen (secondary N) is 1. The summed E-state index contributed by atoms with van der Waals surface area (Å²) in [7, 11) is 1.56. The number of benzene rings is 2. The minimum Gasteiger partial charge on any atom is -0.493 e. The maximum Gasteiger partial charge on any atom is 0.266 e. The van der Waals surface area contributed by atoms with Gasteiger partial charge in [-0.15, -0.1) is 0 Å². The molecule has 0 saturated carbocycles. The molecule has 0 atom stereocenters. The molecule has 2 aromatic carbocycles. The molecule has 0 unspecified atom stereocenters. The molecule has 2 aromatic rings. The minimum atomic E-state index is -0.452. The van der Waals surface area contributed by atoms with Gasteiger partial charge >= 0.3 is 0 Å². The highest BCUT2D eigenvalue weighted by atomic mass is 16.5. The number of methoxy groups -OCH3 is 1.